The summed E-state index contributed by atoms with van der Waals surface area (Å²) in [7, 11) is 0. The van der Waals surface area contributed by atoms with E-state index in [9.17, 15) is 5.26 Å². The summed E-state index contributed by atoms with van der Waals surface area (Å²) in [5.74, 6) is 1.30. The first-order chi connectivity index (χ1) is 14.8. The van der Waals surface area contributed by atoms with Crippen molar-refractivity contribution in [2.45, 2.75) is 25.7 Å². The minimum atomic E-state index is 0.0787. The second kappa shape index (κ2) is 7.58. The number of benzene rings is 2. The molecule has 0 aromatic heterocycles. The van der Waals surface area contributed by atoms with Gasteiger partial charge in [-0.15, -0.1) is 0 Å². The van der Waals surface area contributed by atoms with Crippen LogP contribution >= 0.6 is 0 Å². The highest BCUT2D eigenvalue weighted by molar-refractivity contribution is 5.85. The van der Waals surface area contributed by atoms with Crippen LogP contribution in [0.2, 0.25) is 0 Å². The summed E-state index contributed by atoms with van der Waals surface area (Å²) >= 11 is 0. The average molecular weight is 391 g/mol. The van der Waals surface area contributed by atoms with Crippen molar-refractivity contribution in [1.82, 2.24) is 0 Å². The molecule has 0 aliphatic carbocycles. The highest BCUT2D eigenvalue weighted by atomic mass is 16.5. The summed E-state index contributed by atoms with van der Waals surface area (Å²) in [6.45, 7) is 9.69. The molecule has 5 rings (SSSR count). The fourth-order valence-electron chi connectivity index (χ4n) is 4.68. The normalized spacial score (nSPS) is 18.5. The molecule has 0 spiro atoms. The number of para-hydroxylation sites is 1. The van der Waals surface area contributed by atoms with E-state index >= 15 is 0 Å². The van der Waals surface area contributed by atoms with Crippen LogP contribution in [0.4, 0.5) is 5.69 Å². The minimum Gasteiger partial charge on any atom is -0.457 e. The van der Waals surface area contributed by atoms with Gasteiger partial charge >= 0.3 is 0 Å². The third-order valence-electron chi connectivity index (χ3n) is 5.96. The third kappa shape index (κ3) is 3.17. The average Bonchev–Trinajstić information content (AvgIpc) is 2.79. The number of allylic oxidation sites excluding steroid dienone is 4. The summed E-state index contributed by atoms with van der Waals surface area (Å²) in [5.41, 5.74) is 7.00. The van der Waals surface area contributed by atoms with Crippen molar-refractivity contribution >= 4 is 17.3 Å². The van der Waals surface area contributed by atoms with Gasteiger partial charge in [-0.3, -0.25) is 0 Å². The molecule has 3 aliphatic heterocycles. The van der Waals surface area contributed by atoms with E-state index in [-0.39, 0.29) is 5.70 Å². The predicted octanol–water partition coefficient (Wildman–Crippen LogP) is 5.53. The molecule has 3 heterocycles. The van der Waals surface area contributed by atoms with Gasteiger partial charge in [-0.25, -0.2) is 10.1 Å². The van der Waals surface area contributed by atoms with Crippen LogP contribution in [0.25, 0.3) is 16.5 Å². The topological polar surface area (TPSA) is 40.6 Å². The smallest absolute Gasteiger partial charge is 0.269 e. The van der Waals surface area contributed by atoms with Crippen molar-refractivity contribution in [1.29, 1.82) is 5.26 Å². The second-order valence-corrected chi connectivity index (χ2v) is 7.85. The largest absolute Gasteiger partial charge is 0.457 e. The van der Waals surface area contributed by atoms with Gasteiger partial charge in [0.15, 0.2) is 0 Å². The summed E-state index contributed by atoms with van der Waals surface area (Å²) in [5, 5.41) is 9.38. The monoisotopic (exact) mass is 391 g/mol. The SMILES string of the molecule is [C-]#[N+]/C(C#N)=C1C=C(/C=C/c2cc3c4c(c2)CCCN4CCC3)Oc2ccccc2/1. The van der Waals surface area contributed by atoms with Gasteiger partial charge in [-0.1, -0.05) is 24.3 Å². The van der Waals surface area contributed by atoms with Crippen LogP contribution in [0.5, 0.6) is 5.75 Å². The fourth-order valence-corrected chi connectivity index (χ4v) is 4.68. The van der Waals surface area contributed by atoms with Gasteiger partial charge in [0.2, 0.25) is 0 Å². The third-order valence-corrected chi connectivity index (χ3v) is 5.96. The van der Waals surface area contributed by atoms with Gasteiger partial charge in [0.1, 0.15) is 11.5 Å². The molecule has 2 aromatic rings. The lowest BCUT2D eigenvalue weighted by atomic mass is 9.90. The second-order valence-electron chi connectivity index (χ2n) is 7.85. The van der Waals surface area contributed by atoms with E-state index in [4.69, 9.17) is 11.3 Å². The van der Waals surface area contributed by atoms with Crippen molar-refractivity contribution in [3.8, 4) is 11.8 Å². The molecule has 0 atom stereocenters. The van der Waals surface area contributed by atoms with Gasteiger partial charge < -0.3 is 9.64 Å². The van der Waals surface area contributed by atoms with Crippen LogP contribution in [0.3, 0.4) is 0 Å². The van der Waals surface area contributed by atoms with Crippen molar-refractivity contribution < 1.29 is 4.74 Å². The number of ether oxygens (including phenoxy) is 1. The molecule has 0 radical (unpaired) electrons. The maximum Gasteiger partial charge on any atom is 0.269 e. The van der Waals surface area contributed by atoms with E-state index in [1.54, 1.807) is 6.08 Å². The van der Waals surface area contributed by atoms with Crippen LogP contribution in [0, 0.1) is 17.9 Å². The summed E-state index contributed by atoms with van der Waals surface area (Å²) in [4.78, 5) is 5.95. The maximum absolute atomic E-state index is 9.38. The number of hydrogen-bond donors (Lipinski definition) is 0. The van der Waals surface area contributed by atoms with Crippen LogP contribution in [0.1, 0.15) is 35.1 Å². The first-order valence-corrected chi connectivity index (χ1v) is 10.4. The number of rotatable bonds is 2. The van der Waals surface area contributed by atoms with Gasteiger partial charge in [0.05, 0.1) is 12.6 Å². The Morgan fingerprint density at radius 2 is 1.83 bits per heavy atom. The van der Waals surface area contributed by atoms with Gasteiger partial charge in [0.25, 0.3) is 5.70 Å². The van der Waals surface area contributed by atoms with E-state index in [1.165, 1.54) is 48.3 Å². The number of hydrogen-bond acceptors (Lipinski definition) is 3. The van der Waals surface area contributed by atoms with E-state index < -0.39 is 0 Å². The van der Waals surface area contributed by atoms with Crippen LogP contribution in [-0.4, -0.2) is 13.1 Å². The Morgan fingerprint density at radius 3 is 2.53 bits per heavy atom. The Morgan fingerprint density at radius 1 is 1.10 bits per heavy atom. The van der Waals surface area contributed by atoms with E-state index in [2.05, 4.69) is 28.0 Å². The Bertz CT molecular complexity index is 1160. The molecule has 0 fully saturated rings. The highest BCUT2D eigenvalue weighted by Crippen LogP contribution is 2.38. The summed E-state index contributed by atoms with van der Waals surface area (Å²) in [6.07, 6.45) is 10.5. The zero-order valence-electron chi connectivity index (χ0n) is 16.7. The zero-order chi connectivity index (χ0) is 20.5. The zero-order valence-corrected chi connectivity index (χ0v) is 16.7. The number of nitrogens with zero attached hydrogens (tertiary/aromatic N) is 3. The lowest BCUT2D eigenvalue weighted by Crippen LogP contribution is -2.34. The molecule has 0 saturated carbocycles. The molecule has 0 amide bonds. The molecule has 4 nitrogen and oxygen atoms in total. The fraction of sp³-hybridized carbons (Fsp3) is 0.231. The molecule has 30 heavy (non-hydrogen) atoms. The van der Waals surface area contributed by atoms with Crippen LogP contribution < -0.4 is 9.64 Å². The van der Waals surface area contributed by atoms with Crippen molar-refractivity contribution in [3.05, 3.63) is 93.7 Å². The van der Waals surface area contributed by atoms with Gasteiger partial charge in [-0.2, -0.15) is 0 Å². The summed E-state index contributed by atoms with van der Waals surface area (Å²) in [6, 6.07) is 14.1. The van der Waals surface area contributed by atoms with E-state index in [1.807, 2.05) is 36.4 Å². The molecular weight excluding hydrogens is 370 g/mol. The predicted molar refractivity (Wildman–Crippen MR) is 119 cm³/mol. The quantitative estimate of drug-likeness (QED) is 0.499. The van der Waals surface area contributed by atoms with Gasteiger partial charge in [-0.05, 0) is 72.7 Å². The van der Waals surface area contributed by atoms with E-state index in [0.29, 0.717) is 17.1 Å². The molecule has 4 heteroatoms. The molecule has 146 valence electrons. The minimum absolute atomic E-state index is 0.0787. The Hall–Kier alpha value is -3.76. The maximum atomic E-state index is 9.38. The van der Waals surface area contributed by atoms with Gasteiger partial charge in [0, 0.05) is 29.9 Å². The van der Waals surface area contributed by atoms with Crippen molar-refractivity contribution in [2.24, 2.45) is 0 Å². The molecular formula is C26H21N3O. The van der Waals surface area contributed by atoms with Crippen LogP contribution in [-0.2, 0) is 12.8 Å². The summed E-state index contributed by atoms with van der Waals surface area (Å²) < 4.78 is 6.04. The number of aryl methyl sites for hydroxylation is 2. The Kier molecular flexibility index (Phi) is 4.62. The lowest BCUT2D eigenvalue weighted by Gasteiger charge is -2.37. The number of nitriles is 1. The number of fused-ring (bicyclic) bond motifs is 1. The van der Waals surface area contributed by atoms with E-state index in [0.717, 1.165) is 18.4 Å². The molecule has 3 aliphatic rings. The standard InChI is InChI=1S/C26H21N3O/c1-28-24(17-27)23-16-21(30-25-9-3-2-8-22(23)25)11-10-18-14-19-6-4-12-29-13-5-7-20(15-18)26(19)29/h2-3,8-11,14-16H,4-7,12-13H2/b11-10+,24-23-. The first kappa shape index (κ1) is 18.3. The Balaban J connectivity index is 1.52. The molecule has 0 bridgehead atoms. The molecule has 0 N–H and O–H groups in total. The van der Waals surface area contributed by atoms with Crippen molar-refractivity contribution in [3.63, 3.8) is 0 Å². The molecule has 2 aromatic carbocycles. The molecule has 0 saturated heterocycles. The Labute approximate surface area is 176 Å². The number of anilines is 1. The highest BCUT2D eigenvalue weighted by Gasteiger charge is 2.24. The van der Waals surface area contributed by atoms with Crippen molar-refractivity contribution in [2.75, 3.05) is 18.0 Å². The molecule has 0 unspecified atom stereocenters. The first-order valence-electron chi connectivity index (χ1n) is 10.4. The van der Waals surface area contributed by atoms with Crippen LogP contribution in [0.15, 0.2) is 60.0 Å². The lowest BCUT2D eigenvalue weighted by molar-refractivity contribution is 0.439.